The third-order valence-electron chi connectivity index (χ3n) is 3.89. The van der Waals surface area contributed by atoms with Gasteiger partial charge in [-0.25, -0.2) is 8.42 Å². The van der Waals surface area contributed by atoms with Gasteiger partial charge in [0.2, 0.25) is 0 Å². The summed E-state index contributed by atoms with van der Waals surface area (Å²) in [5.41, 5.74) is 1.84. The Balaban J connectivity index is 2.06. The molecule has 2 N–H and O–H groups in total. The van der Waals surface area contributed by atoms with Crippen LogP contribution in [0.1, 0.15) is 18.3 Å². The van der Waals surface area contributed by atoms with E-state index in [1.54, 1.807) is 36.9 Å². The topological polar surface area (TPSA) is 96.8 Å². The quantitative estimate of drug-likeness (QED) is 0.756. The summed E-state index contributed by atoms with van der Waals surface area (Å²) in [5.74, 6) is 0. The average Bonchev–Trinajstić information content (AvgIpc) is 2.82. The van der Waals surface area contributed by atoms with Crippen LogP contribution in [0.3, 0.4) is 0 Å². The Morgan fingerprint density at radius 2 is 2.00 bits per heavy atom. The zero-order valence-corrected chi connectivity index (χ0v) is 14.4. The number of aryl methyl sites for hydroxylation is 2. The standard InChI is InChI=1S/C16H18N4O3S/c1-4-20-11(3)16(10(2)18-20)24(22,23)19-12-5-6-14-13(9-12)15(21)7-8-17-14/h5-9,19H,4H2,1-3H3,(H,17,21). The lowest BCUT2D eigenvalue weighted by atomic mass is 10.2. The van der Waals surface area contributed by atoms with Crippen molar-refractivity contribution in [3.05, 3.63) is 52.1 Å². The zero-order valence-electron chi connectivity index (χ0n) is 13.6. The van der Waals surface area contributed by atoms with E-state index in [9.17, 15) is 13.2 Å². The van der Waals surface area contributed by atoms with Crippen molar-refractivity contribution in [2.24, 2.45) is 0 Å². The Morgan fingerprint density at radius 1 is 1.25 bits per heavy atom. The van der Waals surface area contributed by atoms with Crippen LogP contribution >= 0.6 is 0 Å². The number of aromatic amines is 1. The molecule has 0 fully saturated rings. The lowest BCUT2D eigenvalue weighted by molar-refractivity contribution is 0.598. The second kappa shape index (κ2) is 5.79. The van der Waals surface area contributed by atoms with Crippen molar-refractivity contribution in [3.63, 3.8) is 0 Å². The molecular weight excluding hydrogens is 328 g/mol. The van der Waals surface area contributed by atoms with Crippen molar-refractivity contribution < 1.29 is 8.42 Å². The summed E-state index contributed by atoms with van der Waals surface area (Å²) in [6.45, 7) is 5.88. The molecule has 1 aromatic carbocycles. The van der Waals surface area contributed by atoms with Gasteiger partial charge >= 0.3 is 0 Å². The van der Waals surface area contributed by atoms with Crippen molar-refractivity contribution in [1.82, 2.24) is 14.8 Å². The van der Waals surface area contributed by atoms with Gasteiger partial charge < -0.3 is 4.98 Å². The van der Waals surface area contributed by atoms with E-state index in [4.69, 9.17) is 0 Å². The minimum Gasteiger partial charge on any atom is -0.361 e. The molecule has 7 nitrogen and oxygen atoms in total. The van der Waals surface area contributed by atoms with E-state index < -0.39 is 10.0 Å². The summed E-state index contributed by atoms with van der Waals surface area (Å²) < 4.78 is 29.7. The number of pyridine rings is 1. The Labute approximate surface area is 139 Å². The van der Waals surface area contributed by atoms with Crippen molar-refractivity contribution in [1.29, 1.82) is 0 Å². The SMILES string of the molecule is CCn1nc(C)c(S(=O)(=O)Nc2ccc3[nH]ccc(=O)c3c2)c1C. The summed E-state index contributed by atoms with van der Waals surface area (Å²) in [6, 6.07) is 6.22. The lowest BCUT2D eigenvalue weighted by Crippen LogP contribution is -2.15. The van der Waals surface area contributed by atoms with E-state index in [0.717, 1.165) is 0 Å². The van der Waals surface area contributed by atoms with Crippen molar-refractivity contribution >= 4 is 26.6 Å². The Kier molecular flexibility index (Phi) is 3.92. The van der Waals surface area contributed by atoms with E-state index in [0.29, 0.717) is 34.5 Å². The molecule has 0 spiro atoms. The van der Waals surface area contributed by atoms with Crippen molar-refractivity contribution in [2.45, 2.75) is 32.2 Å². The number of benzene rings is 1. The second-order valence-corrected chi connectivity index (χ2v) is 7.14. The molecule has 0 bridgehead atoms. The molecule has 2 heterocycles. The largest absolute Gasteiger partial charge is 0.361 e. The normalized spacial score (nSPS) is 11.8. The predicted molar refractivity (Wildman–Crippen MR) is 92.8 cm³/mol. The second-order valence-electron chi connectivity index (χ2n) is 5.52. The highest BCUT2D eigenvalue weighted by Gasteiger charge is 2.24. The molecule has 3 rings (SSSR count). The maximum atomic E-state index is 12.7. The number of fused-ring (bicyclic) bond motifs is 1. The van der Waals surface area contributed by atoms with Gasteiger partial charge in [-0.3, -0.25) is 14.2 Å². The van der Waals surface area contributed by atoms with E-state index in [1.807, 2.05) is 6.92 Å². The highest BCUT2D eigenvalue weighted by Crippen LogP contribution is 2.23. The van der Waals surface area contributed by atoms with Gasteiger partial charge in [-0.15, -0.1) is 0 Å². The molecule has 24 heavy (non-hydrogen) atoms. The minimum atomic E-state index is -3.79. The summed E-state index contributed by atoms with van der Waals surface area (Å²) in [7, 11) is -3.79. The number of nitrogens with one attached hydrogen (secondary N) is 2. The Bertz CT molecular complexity index is 1080. The molecule has 0 aliphatic rings. The van der Waals surface area contributed by atoms with Gasteiger partial charge in [0.05, 0.1) is 11.4 Å². The lowest BCUT2D eigenvalue weighted by Gasteiger charge is -2.09. The van der Waals surface area contributed by atoms with E-state index in [-0.39, 0.29) is 10.3 Å². The van der Waals surface area contributed by atoms with Gasteiger partial charge in [-0.05, 0) is 39.0 Å². The van der Waals surface area contributed by atoms with E-state index in [1.165, 1.54) is 12.1 Å². The molecule has 3 aromatic rings. The van der Waals surface area contributed by atoms with E-state index >= 15 is 0 Å². The van der Waals surface area contributed by atoms with Gasteiger partial charge in [-0.1, -0.05) is 0 Å². The van der Waals surface area contributed by atoms with Gasteiger partial charge in [0.15, 0.2) is 5.43 Å². The van der Waals surface area contributed by atoms with Crippen LogP contribution in [0.4, 0.5) is 5.69 Å². The first-order valence-corrected chi connectivity index (χ1v) is 9.00. The first-order chi connectivity index (χ1) is 11.3. The summed E-state index contributed by atoms with van der Waals surface area (Å²) in [6.07, 6.45) is 1.56. The fourth-order valence-corrected chi connectivity index (χ4v) is 4.28. The zero-order chi connectivity index (χ0) is 17.5. The smallest absolute Gasteiger partial charge is 0.265 e. The Morgan fingerprint density at radius 3 is 2.67 bits per heavy atom. The number of sulfonamides is 1. The monoisotopic (exact) mass is 346 g/mol. The molecule has 0 atom stereocenters. The van der Waals surface area contributed by atoms with Crippen LogP contribution in [0.2, 0.25) is 0 Å². The molecule has 0 radical (unpaired) electrons. The summed E-state index contributed by atoms with van der Waals surface area (Å²) >= 11 is 0. The highest BCUT2D eigenvalue weighted by molar-refractivity contribution is 7.92. The molecule has 126 valence electrons. The Hall–Kier alpha value is -2.61. The molecule has 0 amide bonds. The maximum absolute atomic E-state index is 12.7. The number of rotatable bonds is 4. The van der Waals surface area contributed by atoms with Gasteiger partial charge in [0, 0.05) is 35.4 Å². The molecule has 0 saturated heterocycles. The molecule has 8 heteroatoms. The first-order valence-electron chi connectivity index (χ1n) is 7.51. The van der Waals surface area contributed by atoms with Crippen LogP contribution in [0.25, 0.3) is 10.9 Å². The van der Waals surface area contributed by atoms with Crippen LogP contribution < -0.4 is 10.2 Å². The molecule has 0 saturated carbocycles. The van der Waals surface area contributed by atoms with Gasteiger partial charge in [-0.2, -0.15) is 5.10 Å². The van der Waals surface area contributed by atoms with Crippen LogP contribution in [-0.2, 0) is 16.6 Å². The van der Waals surface area contributed by atoms with Gasteiger partial charge in [0.1, 0.15) is 4.90 Å². The third-order valence-corrected chi connectivity index (χ3v) is 5.53. The average molecular weight is 346 g/mol. The van der Waals surface area contributed by atoms with Crippen molar-refractivity contribution in [3.8, 4) is 0 Å². The summed E-state index contributed by atoms with van der Waals surface area (Å²) in [5, 5.41) is 4.67. The number of hydrogen-bond donors (Lipinski definition) is 2. The van der Waals surface area contributed by atoms with Crippen LogP contribution in [-0.4, -0.2) is 23.2 Å². The maximum Gasteiger partial charge on any atom is 0.265 e. The molecule has 2 aromatic heterocycles. The fourth-order valence-electron chi connectivity index (χ4n) is 2.82. The molecule has 0 aliphatic carbocycles. The number of nitrogens with zero attached hydrogens (tertiary/aromatic N) is 2. The van der Waals surface area contributed by atoms with Crippen LogP contribution in [0.15, 0.2) is 40.2 Å². The van der Waals surface area contributed by atoms with E-state index in [2.05, 4.69) is 14.8 Å². The predicted octanol–water partition coefficient (Wildman–Crippen LogP) is 2.16. The number of aromatic nitrogens is 3. The fraction of sp³-hybridized carbons (Fsp3) is 0.250. The number of hydrogen-bond acceptors (Lipinski definition) is 4. The highest BCUT2D eigenvalue weighted by atomic mass is 32.2. The van der Waals surface area contributed by atoms with Gasteiger partial charge in [0.25, 0.3) is 10.0 Å². The van der Waals surface area contributed by atoms with Crippen LogP contribution in [0, 0.1) is 13.8 Å². The number of anilines is 1. The molecular formula is C16H18N4O3S. The summed E-state index contributed by atoms with van der Waals surface area (Å²) in [4.78, 5) is 15.0. The van der Waals surface area contributed by atoms with Crippen LogP contribution in [0.5, 0.6) is 0 Å². The molecule has 0 unspecified atom stereocenters. The number of H-pyrrole nitrogens is 1. The first kappa shape index (κ1) is 16.3. The molecule has 0 aliphatic heterocycles. The third kappa shape index (κ3) is 2.69. The minimum absolute atomic E-state index is 0.170. The van der Waals surface area contributed by atoms with Crippen molar-refractivity contribution in [2.75, 3.05) is 4.72 Å².